The molecule has 0 aliphatic heterocycles. The average Bonchev–Trinajstić information content (AvgIpc) is 2.58. The fourth-order valence-electron chi connectivity index (χ4n) is 1.67. The molecule has 0 aliphatic rings. The molecule has 17 heavy (non-hydrogen) atoms. The molecule has 0 bridgehead atoms. The second kappa shape index (κ2) is 4.85. The van der Waals surface area contributed by atoms with Crippen LogP contribution in [0.2, 0.25) is 0 Å². The van der Waals surface area contributed by atoms with E-state index in [1.165, 1.54) is 4.88 Å². The van der Waals surface area contributed by atoms with Gasteiger partial charge in [0.2, 0.25) is 5.95 Å². The number of nitrogens with one attached hydrogen (secondary N) is 1. The summed E-state index contributed by atoms with van der Waals surface area (Å²) in [6, 6.07) is 2.20. The Kier molecular flexibility index (Phi) is 3.44. The molecule has 2 aromatic rings. The van der Waals surface area contributed by atoms with Gasteiger partial charge in [0.15, 0.2) is 0 Å². The van der Waals surface area contributed by atoms with Crippen molar-refractivity contribution in [3.05, 3.63) is 10.9 Å². The lowest BCUT2D eigenvalue weighted by Gasteiger charge is -2.13. The Bertz CT molecular complexity index is 525. The minimum atomic E-state index is 0.151. The minimum Gasteiger partial charge on any atom is -0.396 e. The van der Waals surface area contributed by atoms with Gasteiger partial charge in [0.25, 0.3) is 0 Å². The van der Waals surface area contributed by atoms with Crippen LogP contribution in [0.15, 0.2) is 6.07 Å². The predicted octanol–water partition coefficient (Wildman–Crippen LogP) is 1.76. The van der Waals surface area contributed by atoms with Gasteiger partial charge < -0.3 is 16.2 Å². The first-order chi connectivity index (χ1) is 8.10. The van der Waals surface area contributed by atoms with E-state index < -0.39 is 0 Å². The molecular weight excluding hydrogens is 236 g/mol. The summed E-state index contributed by atoms with van der Waals surface area (Å²) in [5.74, 6) is 1.02. The van der Waals surface area contributed by atoms with Gasteiger partial charge in [-0.25, -0.2) is 4.98 Å². The van der Waals surface area contributed by atoms with Crippen molar-refractivity contribution in [2.24, 2.45) is 0 Å². The van der Waals surface area contributed by atoms with Gasteiger partial charge >= 0.3 is 0 Å². The van der Waals surface area contributed by atoms with Crippen molar-refractivity contribution < 1.29 is 5.11 Å². The number of hydrogen-bond donors (Lipinski definition) is 3. The van der Waals surface area contributed by atoms with Gasteiger partial charge in [-0.3, -0.25) is 0 Å². The molecule has 6 heteroatoms. The van der Waals surface area contributed by atoms with E-state index in [9.17, 15) is 0 Å². The molecule has 1 atom stereocenters. The molecule has 0 saturated heterocycles. The lowest BCUT2D eigenvalue weighted by atomic mass is 10.2. The molecule has 0 radical (unpaired) electrons. The van der Waals surface area contributed by atoms with Crippen LogP contribution < -0.4 is 11.1 Å². The van der Waals surface area contributed by atoms with Crippen LogP contribution in [0.1, 0.15) is 18.2 Å². The molecule has 5 nitrogen and oxygen atoms in total. The van der Waals surface area contributed by atoms with E-state index in [4.69, 9.17) is 10.8 Å². The molecule has 0 amide bonds. The zero-order valence-electron chi connectivity index (χ0n) is 9.90. The van der Waals surface area contributed by atoms with Gasteiger partial charge in [0, 0.05) is 17.5 Å². The number of hydrogen-bond acceptors (Lipinski definition) is 6. The largest absolute Gasteiger partial charge is 0.396 e. The van der Waals surface area contributed by atoms with Crippen molar-refractivity contribution in [2.75, 3.05) is 17.7 Å². The number of nitrogens with two attached hydrogens (primary N) is 1. The van der Waals surface area contributed by atoms with Crippen LogP contribution in [0.3, 0.4) is 0 Å². The highest BCUT2D eigenvalue weighted by molar-refractivity contribution is 7.18. The minimum absolute atomic E-state index is 0.151. The van der Waals surface area contributed by atoms with E-state index in [-0.39, 0.29) is 18.6 Å². The van der Waals surface area contributed by atoms with Crippen molar-refractivity contribution >= 4 is 33.3 Å². The zero-order valence-corrected chi connectivity index (χ0v) is 10.7. The van der Waals surface area contributed by atoms with Crippen molar-refractivity contribution in [1.29, 1.82) is 0 Å². The van der Waals surface area contributed by atoms with Gasteiger partial charge in [-0.05, 0) is 26.3 Å². The fourth-order valence-corrected chi connectivity index (χ4v) is 2.55. The van der Waals surface area contributed by atoms with Crippen LogP contribution in [-0.2, 0) is 0 Å². The smallest absolute Gasteiger partial charge is 0.223 e. The molecule has 0 aromatic carbocycles. The Morgan fingerprint density at radius 2 is 2.29 bits per heavy atom. The molecule has 2 rings (SSSR count). The summed E-state index contributed by atoms with van der Waals surface area (Å²) in [7, 11) is 0. The van der Waals surface area contributed by atoms with E-state index in [2.05, 4.69) is 15.3 Å². The number of aliphatic hydroxyl groups excluding tert-OH is 1. The van der Waals surface area contributed by atoms with E-state index >= 15 is 0 Å². The normalized spacial score (nSPS) is 12.9. The van der Waals surface area contributed by atoms with E-state index in [1.54, 1.807) is 11.3 Å². The van der Waals surface area contributed by atoms with Crippen LogP contribution in [0.5, 0.6) is 0 Å². The molecule has 0 aliphatic carbocycles. The Morgan fingerprint density at radius 1 is 1.53 bits per heavy atom. The zero-order chi connectivity index (χ0) is 12.4. The number of thiophene rings is 1. The number of nitrogen functional groups attached to an aromatic ring is 1. The van der Waals surface area contributed by atoms with Crippen molar-refractivity contribution in [2.45, 2.75) is 26.3 Å². The van der Waals surface area contributed by atoms with Crippen LogP contribution in [-0.4, -0.2) is 27.7 Å². The average molecular weight is 252 g/mol. The monoisotopic (exact) mass is 252 g/mol. The van der Waals surface area contributed by atoms with Crippen LogP contribution in [0, 0.1) is 6.92 Å². The summed E-state index contributed by atoms with van der Waals surface area (Å²) < 4.78 is 0. The number of anilines is 2. The highest BCUT2D eigenvalue weighted by atomic mass is 32.1. The summed E-state index contributed by atoms with van der Waals surface area (Å²) in [5, 5.41) is 13.1. The fraction of sp³-hybridized carbons (Fsp3) is 0.455. The maximum Gasteiger partial charge on any atom is 0.223 e. The highest BCUT2D eigenvalue weighted by Gasteiger charge is 2.11. The molecule has 0 spiro atoms. The lowest BCUT2D eigenvalue weighted by Crippen LogP contribution is -2.18. The quantitative estimate of drug-likeness (QED) is 0.772. The van der Waals surface area contributed by atoms with Crippen LogP contribution in [0.25, 0.3) is 10.2 Å². The number of aryl methyl sites for hydroxylation is 1. The number of nitrogens with zero attached hydrogens (tertiary/aromatic N) is 2. The van der Waals surface area contributed by atoms with E-state index in [1.807, 2.05) is 19.9 Å². The molecule has 92 valence electrons. The van der Waals surface area contributed by atoms with E-state index in [0.717, 1.165) is 16.0 Å². The number of aromatic nitrogens is 2. The molecule has 0 fully saturated rings. The summed E-state index contributed by atoms with van der Waals surface area (Å²) in [6.07, 6.45) is 0.675. The topological polar surface area (TPSA) is 84.1 Å². The number of fused-ring (bicyclic) bond motifs is 1. The SMILES string of the molecule is Cc1cc2c(NC(C)CCO)nc(N)nc2s1. The van der Waals surface area contributed by atoms with Crippen LogP contribution >= 0.6 is 11.3 Å². The summed E-state index contributed by atoms with van der Waals surface area (Å²) in [6.45, 7) is 4.18. The number of aliphatic hydroxyl groups is 1. The van der Waals surface area contributed by atoms with Gasteiger partial charge in [-0.1, -0.05) is 0 Å². The predicted molar refractivity (Wildman–Crippen MR) is 71.4 cm³/mol. The molecule has 4 N–H and O–H groups in total. The Labute approximate surface area is 104 Å². The molecule has 1 unspecified atom stereocenters. The summed E-state index contributed by atoms with van der Waals surface area (Å²) in [5.41, 5.74) is 5.68. The Balaban J connectivity index is 2.37. The van der Waals surface area contributed by atoms with Crippen molar-refractivity contribution in [3.8, 4) is 0 Å². The van der Waals surface area contributed by atoms with Gasteiger partial charge in [0.05, 0.1) is 5.39 Å². The maximum absolute atomic E-state index is 8.89. The number of rotatable bonds is 4. The Morgan fingerprint density at radius 3 is 3.00 bits per heavy atom. The third-order valence-electron chi connectivity index (χ3n) is 2.48. The first kappa shape index (κ1) is 12.1. The van der Waals surface area contributed by atoms with Gasteiger partial charge in [-0.15, -0.1) is 11.3 Å². The van der Waals surface area contributed by atoms with Gasteiger partial charge in [-0.2, -0.15) is 4.98 Å². The Hall–Kier alpha value is -1.40. The van der Waals surface area contributed by atoms with Crippen LogP contribution in [0.4, 0.5) is 11.8 Å². The van der Waals surface area contributed by atoms with Crippen molar-refractivity contribution in [3.63, 3.8) is 0 Å². The second-order valence-corrected chi connectivity index (χ2v) is 5.30. The first-order valence-corrected chi connectivity index (χ1v) is 6.33. The van der Waals surface area contributed by atoms with E-state index in [0.29, 0.717) is 6.42 Å². The van der Waals surface area contributed by atoms with Crippen molar-refractivity contribution in [1.82, 2.24) is 9.97 Å². The molecule has 2 heterocycles. The molecule has 2 aromatic heterocycles. The standard InChI is InChI=1S/C11H16N4OS/c1-6(3-4-16)13-9-8-5-7(2)17-10(8)15-11(12)14-9/h5-6,16H,3-4H2,1-2H3,(H3,12,13,14,15). The third kappa shape index (κ3) is 2.65. The maximum atomic E-state index is 8.89. The summed E-state index contributed by atoms with van der Waals surface area (Å²) in [4.78, 5) is 10.5. The van der Waals surface area contributed by atoms with Gasteiger partial charge in [0.1, 0.15) is 10.6 Å². The summed E-state index contributed by atoms with van der Waals surface area (Å²) >= 11 is 1.60. The molecular formula is C11H16N4OS. The first-order valence-electron chi connectivity index (χ1n) is 5.51. The second-order valence-electron chi connectivity index (χ2n) is 4.06. The lowest BCUT2D eigenvalue weighted by molar-refractivity contribution is 0.282. The molecule has 0 saturated carbocycles. The highest BCUT2D eigenvalue weighted by Crippen LogP contribution is 2.29. The third-order valence-corrected chi connectivity index (χ3v) is 3.42.